The number of sulfonamides is 1. The van der Waals surface area contributed by atoms with Crippen molar-refractivity contribution in [2.75, 3.05) is 38.5 Å². The number of piperazine rings is 1. The van der Waals surface area contributed by atoms with Crippen LogP contribution >= 0.6 is 0 Å². The van der Waals surface area contributed by atoms with E-state index in [-0.39, 0.29) is 10.7 Å². The minimum atomic E-state index is -3.51. The van der Waals surface area contributed by atoms with Gasteiger partial charge in [0.15, 0.2) is 5.78 Å². The lowest BCUT2D eigenvalue weighted by Gasteiger charge is -2.31. The summed E-state index contributed by atoms with van der Waals surface area (Å²) in [7, 11) is -1.53. The third-order valence-electron chi connectivity index (χ3n) is 4.40. The summed E-state index contributed by atoms with van der Waals surface area (Å²) >= 11 is 0. The van der Waals surface area contributed by atoms with Crippen LogP contribution in [-0.2, 0) is 10.0 Å². The molecule has 1 N–H and O–H groups in total. The second kappa shape index (κ2) is 7.53. The molecule has 138 valence electrons. The molecular formula is C18H22N4O3S. The van der Waals surface area contributed by atoms with Crippen LogP contribution in [0.25, 0.3) is 0 Å². The lowest BCUT2D eigenvalue weighted by Crippen LogP contribution is -2.47. The first-order chi connectivity index (χ1) is 12.4. The summed E-state index contributed by atoms with van der Waals surface area (Å²) in [6, 6.07) is 10.2. The third kappa shape index (κ3) is 4.09. The maximum absolute atomic E-state index is 12.7. The number of likely N-dealkylation sites (N-methyl/N-ethyl adjacent to an activating group) is 1. The highest BCUT2D eigenvalue weighted by Gasteiger charge is 2.27. The summed E-state index contributed by atoms with van der Waals surface area (Å²) < 4.78 is 26.9. The van der Waals surface area contributed by atoms with Crippen LogP contribution in [0.15, 0.2) is 47.5 Å². The zero-order chi connectivity index (χ0) is 18.7. The summed E-state index contributed by atoms with van der Waals surface area (Å²) in [4.78, 5) is 17.8. The van der Waals surface area contributed by atoms with E-state index in [0.717, 1.165) is 18.8 Å². The van der Waals surface area contributed by atoms with Crippen molar-refractivity contribution < 1.29 is 13.2 Å². The first kappa shape index (κ1) is 18.5. The number of hydrogen-bond donors (Lipinski definition) is 1. The summed E-state index contributed by atoms with van der Waals surface area (Å²) in [6.45, 7) is 3.94. The molecule has 0 spiro atoms. The number of carbonyl (C=O) groups is 1. The average molecular weight is 374 g/mol. The normalized spacial score (nSPS) is 16.4. The van der Waals surface area contributed by atoms with Gasteiger partial charge in [-0.05, 0) is 50.4 Å². The predicted molar refractivity (Wildman–Crippen MR) is 100 cm³/mol. The van der Waals surface area contributed by atoms with Gasteiger partial charge < -0.3 is 10.2 Å². The number of nitrogens with one attached hydrogen (secondary N) is 1. The van der Waals surface area contributed by atoms with Crippen molar-refractivity contribution in [3.8, 4) is 0 Å². The van der Waals surface area contributed by atoms with Gasteiger partial charge in [-0.25, -0.2) is 13.4 Å². The summed E-state index contributed by atoms with van der Waals surface area (Å²) in [5.74, 6) is 0.547. The van der Waals surface area contributed by atoms with Crippen LogP contribution in [0.3, 0.4) is 0 Å². The molecule has 0 atom stereocenters. The fourth-order valence-electron chi connectivity index (χ4n) is 2.72. The van der Waals surface area contributed by atoms with E-state index in [2.05, 4.69) is 15.2 Å². The number of hydrogen-bond acceptors (Lipinski definition) is 6. The molecule has 0 aliphatic carbocycles. The maximum atomic E-state index is 12.7. The molecule has 8 heteroatoms. The van der Waals surface area contributed by atoms with Gasteiger partial charge in [0, 0.05) is 43.6 Å². The van der Waals surface area contributed by atoms with Crippen LogP contribution < -0.4 is 5.32 Å². The Morgan fingerprint density at radius 1 is 1.04 bits per heavy atom. The number of anilines is 2. The monoisotopic (exact) mass is 374 g/mol. The van der Waals surface area contributed by atoms with Crippen LogP contribution in [0.2, 0.25) is 0 Å². The molecule has 0 amide bonds. The Kier molecular flexibility index (Phi) is 5.36. The Bertz CT molecular complexity index is 872. The van der Waals surface area contributed by atoms with E-state index in [1.807, 2.05) is 7.05 Å². The summed E-state index contributed by atoms with van der Waals surface area (Å²) in [5, 5.41) is 3.10. The SMILES string of the molecule is CC(=O)c1ccc(Nc2ccc(S(=O)(=O)N3CCN(C)CC3)cn2)cc1. The van der Waals surface area contributed by atoms with Crippen LogP contribution in [0.1, 0.15) is 17.3 Å². The third-order valence-corrected chi connectivity index (χ3v) is 6.28. The van der Waals surface area contributed by atoms with Gasteiger partial charge in [-0.15, -0.1) is 0 Å². The highest BCUT2D eigenvalue weighted by Crippen LogP contribution is 2.20. The molecule has 1 aliphatic heterocycles. The second-order valence-electron chi connectivity index (χ2n) is 6.35. The van der Waals surface area contributed by atoms with Crippen molar-refractivity contribution in [1.29, 1.82) is 0 Å². The smallest absolute Gasteiger partial charge is 0.244 e. The van der Waals surface area contributed by atoms with E-state index in [1.165, 1.54) is 17.4 Å². The van der Waals surface area contributed by atoms with Gasteiger partial charge >= 0.3 is 0 Å². The van der Waals surface area contributed by atoms with Crippen molar-refractivity contribution in [3.05, 3.63) is 48.2 Å². The number of rotatable bonds is 5. The highest BCUT2D eigenvalue weighted by atomic mass is 32.2. The number of ketones is 1. The molecule has 0 bridgehead atoms. The molecule has 1 saturated heterocycles. The molecule has 2 aromatic rings. The van der Waals surface area contributed by atoms with Crippen LogP contribution in [0.4, 0.5) is 11.5 Å². The van der Waals surface area contributed by atoms with Crippen molar-refractivity contribution in [1.82, 2.24) is 14.2 Å². The Hall–Kier alpha value is -2.29. The van der Waals surface area contributed by atoms with E-state index in [1.54, 1.807) is 36.4 Å². The van der Waals surface area contributed by atoms with Gasteiger partial charge in [-0.2, -0.15) is 4.31 Å². The molecule has 26 heavy (non-hydrogen) atoms. The van der Waals surface area contributed by atoms with Gasteiger partial charge in [-0.1, -0.05) is 0 Å². The Morgan fingerprint density at radius 3 is 2.23 bits per heavy atom. The van der Waals surface area contributed by atoms with Gasteiger partial charge in [0.1, 0.15) is 10.7 Å². The molecular weight excluding hydrogens is 352 g/mol. The van der Waals surface area contributed by atoms with Crippen LogP contribution in [0, 0.1) is 0 Å². The van der Waals surface area contributed by atoms with Crippen LogP contribution in [0.5, 0.6) is 0 Å². The molecule has 1 aromatic heterocycles. The number of benzene rings is 1. The molecule has 3 rings (SSSR count). The van der Waals surface area contributed by atoms with E-state index in [0.29, 0.717) is 24.5 Å². The molecule has 0 radical (unpaired) electrons. The van der Waals surface area contributed by atoms with Crippen molar-refractivity contribution in [2.45, 2.75) is 11.8 Å². The number of nitrogens with zero attached hydrogens (tertiary/aromatic N) is 3. The van der Waals surface area contributed by atoms with Gasteiger partial charge in [0.05, 0.1) is 0 Å². The zero-order valence-corrected chi connectivity index (χ0v) is 15.7. The van der Waals surface area contributed by atoms with Crippen molar-refractivity contribution in [2.24, 2.45) is 0 Å². The Labute approximate surface area is 153 Å². The molecule has 0 unspecified atom stereocenters. The fraction of sp³-hybridized carbons (Fsp3) is 0.333. The molecule has 1 aromatic carbocycles. The van der Waals surface area contributed by atoms with E-state index >= 15 is 0 Å². The molecule has 1 aliphatic rings. The zero-order valence-electron chi connectivity index (χ0n) is 14.8. The first-order valence-corrected chi connectivity index (χ1v) is 9.83. The summed E-state index contributed by atoms with van der Waals surface area (Å²) in [5.41, 5.74) is 1.41. The lowest BCUT2D eigenvalue weighted by atomic mass is 10.1. The predicted octanol–water partition coefficient (Wildman–Crippen LogP) is 1.96. The van der Waals surface area contributed by atoms with E-state index in [9.17, 15) is 13.2 Å². The van der Waals surface area contributed by atoms with E-state index in [4.69, 9.17) is 0 Å². The topological polar surface area (TPSA) is 82.6 Å². The average Bonchev–Trinajstić information content (AvgIpc) is 2.63. The number of carbonyl (C=O) groups excluding carboxylic acids is 1. The maximum Gasteiger partial charge on any atom is 0.244 e. The molecule has 1 fully saturated rings. The quantitative estimate of drug-likeness (QED) is 0.806. The van der Waals surface area contributed by atoms with Crippen molar-refractivity contribution in [3.63, 3.8) is 0 Å². The standard InChI is InChI=1S/C18H22N4O3S/c1-14(23)15-3-5-16(6-4-15)20-18-8-7-17(13-19-18)26(24,25)22-11-9-21(2)10-12-22/h3-8,13H,9-12H2,1-2H3,(H,19,20). The summed E-state index contributed by atoms with van der Waals surface area (Å²) in [6.07, 6.45) is 1.37. The van der Waals surface area contributed by atoms with Crippen molar-refractivity contribution >= 4 is 27.3 Å². The first-order valence-electron chi connectivity index (χ1n) is 8.39. The largest absolute Gasteiger partial charge is 0.340 e. The Morgan fingerprint density at radius 2 is 1.69 bits per heavy atom. The molecule has 7 nitrogen and oxygen atoms in total. The van der Waals surface area contributed by atoms with Gasteiger partial charge in [-0.3, -0.25) is 4.79 Å². The molecule has 0 saturated carbocycles. The number of Topliss-reactive ketones (excluding diaryl/α,β-unsaturated/α-hetero) is 1. The van der Waals surface area contributed by atoms with Gasteiger partial charge in [0.2, 0.25) is 10.0 Å². The highest BCUT2D eigenvalue weighted by molar-refractivity contribution is 7.89. The fourth-order valence-corrected chi connectivity index (χ4v) is 4.09. The Balaban J connectivity index is 1.70. The minimum absolute atomic E-state index is 0.00754. The van der Waals surface area contributed by atoms with Gasteiger partial charge in [0.25, 0.3) is 0 Å². The molecule has 2 heterocycles. The van der Waals surface area contributed by atoms with E-state index < -0.39 is 10.0 Å². The minimum Gasteiger partial charge on any atom is -0.340 e. The number of pyridine rings is 1. The lowest BCUT2D eigenvalue weighted by molar-refractivity contribution is 0.101. The van der Waals surface area contributed by atoms with Crippen LogP contribution in [-0.4, -0.2) is 61.6 Å². The number of aromatic nitrogens is 1. The second-order valence-corrected chi connectivity index (χ2v) is 8.28.